The van der Waals surface area contributed by atoms with E-state index < -0.39 is 0 Å². The molecule has 2 aromatic rings. The maximum atomic E-state index is 11.2. The molecule has 6 nitrogen and oxygen atoms in total. The van der Waals surface area contributed by atoms with Crippen molar-refractivity contribution in [1.82, 2.24) is 20.8 Å². The predicted octanol–water partition coefficient (Wildman–Crippen LogP) is 0.886. The average Bonchev–Trinajstić information content (AvgIpc) is 2.88. The number of hydrogen-bond donors (Lipinski definition) is 2. The Kier molecular flexibility index (Phi) is 5.25. The van der Waals surface area contributed by atoms with E-state index in [-0.39, 0.29) is 12.5 Å². The first-order valence-corrected chi connectivity index (χ1v) is 6.60. The van der Waals surface area contributed by atoms with E-state index in [0.717, 1.165) is 5.56 Å². The van der Waals surface area contributed by atoms with E-state index in [4.69, 9.17) is 4.52 Å². The number of nitrogens with one attached hydrogen (secondary N) is 2. The number of carbonyl (C=O) groups is 1. The first-order valence-electron chi connectivity index (χ1n) is 6.60. The molecule has 0 saturated heterocycles. The fourth-order valence-corrected chi connectivity index (χ4v) is 1.75. The van der Waals surface area contributed by atoms with E-state index in [1.807, 2.05) is 37.3 Å². The molecule has 0 fully saturated rings. The van der Waals surface area contributed by atoms with Gasteiger partial charge in [0.2, 0.25) is 11.8 Å². The zero-order valence-corrected chi connectivity index (χ0v) is 11.4. The molecule has 1 aromatic heterocycles. The second-order valence-corrected chi connectivity index (χ2v) is 4.32. The molecular formula is C14H18N4O2. The molecule has 2 rings (SSSR count). The molecule has 0 bridgehead atoms. The van der Waals surface area contributed by atoms with Gasteiger partial charge in [-0.05, 0) is 12.5 Å². The molecule has 0 aliphatic carbocycles. The fraction of sp³-hybridized carbons (Fsp3) is 0.357. The smallest absolute Gasteiger partial charge is 0.240 e. The molecule has 0 saturated carbocycles. The highest BCUT2D eigenvalue weighted by molar-refractivity contribution is 5.77. The third-order valence-electron chi connectivity index (χ3n) is 2.65. The molecule has 1 aromatic carbocycles. The third-order valence-corrected chi connectivity index (χ3v) is 2.65. The van der Waals surface area contributed by atoms with Crippen molar-refractivity contribution in [2.45, 2.75) is 19.9 Å². The van der Waals surface area contributed by atoms with Crippen molar-refractivity contribution in [1.29, 1.82) is 0 Å². The summed E-state index contributed by atoms with van der Waals surface area (Å²) >= 11 is 0. The van der Waals surface area contributed by atoms with Crippen molar-refractivity contribution in [3.8, 4) is 0 Å². The second-order valence-electron chi connectivity index (χ2n) is 4.32. The zero-order chi connectivity index (χ0) is 14.2. The van der Waals surface area contributed by atoms with Crippen molar-refractivity contribution in [2.75, 3.05) is 13.1 Å². The molecular weight excluding hydrogens is 256 g/mol. The van der Waals surface area contributed by atoms with E-state index >= 15 is 0 Å². The number of benzene rings is 1. The van der Waals surface area contributed by atoms with Gasteiger partial charge in [-0.3, -0.25) is 10.1 Å². The molecule has 0 aliphatic heterocycles. The van der Waals surface area contributed by atoms with Crippen LogP contribution in [0.4, 0.5) is 0 Å². The minimum Gasteiger partial charge on any atom is -0.355 e. The van der Waals surface area contributed by atoms with E-state index in [1.54, 1.807) is 0 Å². The summed E-state index contributed by atoms with van der Waals surface area (Å²) in [7, 11) is 0. The monoisotopic (exact) mass is 274 g/mol. The molecule has 2 N–H and O–H groups in total. The number of amides is 1. The lowest BCUT2D eigenvalue weighted by Gasteiger charge is -2.01. The number of likely N-dealkylation sites (N-methyl/N-ethyl adjacent to an activating group) is 1. The largest absolute Gasteiger partial charge is 0.355 e. The summed E-state index contributed by atoms with van der Waals surface area (Å²) in [5.74, 6) is 1.09. The van der Waals surface area contributed by atoms with Gasteiger partial charge in [-0.1, -0.05) is 35.5 Å². The molecule has 106 valence electrons. The van der Waals surface area contributed by atoms with Gasteiger partial charge < -0.3 is 9.84 Å². The molecule has 0 spiro atoms. The maximum Gasteiger partial charge on any atom is 0.240 e. The van der Waals surface area contributed by atoms with Gasteiger partial charge in [-0.2, -0.15) is 4.98 Å². The zero-order valence-electron chi connectivity index (χ0n) is 11.4. The summed E-state index contributed by atoms with van der Waals surface area (Å²) in [6.45, 7) is 3.14. The summed E-state index contributed by atoms with van der Waals surface area (Å²) in [6, 6.07) is 9.96. The van der Waals surface area contributed by atoms with Crippen LogP contribution in [0.2, 0.25) is 0 Å². The summed E-state index contributed by atoms with van der Waals surface area (Å²) in [5, 5.41) is 9.58. The molecule has 20 heavy (non-hydrogen) atoms. The molecule has 1 heterocycles. The first kappa shape index (κ1) is 14.2. The molecule has 0 aliphatic rings. The third kappa shape index (κ3) is 4.47. The van der Waals surface area contributed by atoms with Crippen molar-refractivity contribution in [2.24, 2.45) is 0 Å². The van der Waals surface area contributed by atoms with Crippen LogP contribution in [0, 0.1) is 0 Å². The van der Waals surface area contributed by atoms with Crippen molar-refractivity contribution < 1.29 is 9.32 Å². The van der Waals surface area contributed by atoms with Gasteiger partial charge in [-0.25, -0.2) is 0 Å². The highest BCUT2D eigenvalue weighted by Crippen LogP contribution is 2.06. The Morgan fingerprint density at radius 1 is 1.30 bits per heavy atom. The number of hydrogen-bond acceptors (Lipinski definition) is 5. The van der Waals surface area contributed by atoms with Crippen molar-refractivity contribution >= 4 is 5.91 Å². The van der Waals surface area contributed by atoms with Crippen LogP contribution in [0.25, 0.3) is 0 Å². The lowest BCUT2D eigenvalue weighted by atomic mass is 10.1. The Labute approximate surface area is 117 Å². The highest BCUT2D eigenvalue weighted by Gasteiger charge is 2.07. The van der Waals surface area contributed by atoms with Gasteiger partial charge in [0.1, 0.15) is 0 Å². The van der Waals surface area contributed by atoms with Crippen LogP contribution in [0.1, 0.15) is 24.2 Å². The average molecular weight is 274 g/mol. The van der Waals surface area contributed by atoms with E-state index in [1.165, 1.54) is 0 Å². The number of nitrogens with zero attached hydrogens (tertiary/aromatic N) is 2. The normalized spacial score (nSPS) is 10.4. The van der Waals surface area contributed by atoms with Crippen molar-refractivity contribution in [3.63, 3.8) is 0 Å². The SMILES string of the molecule is CCNC(=O)CNCc1nc(Cc2ccccc2)no1. The van der Waals surface area contributed by atoms with Crippen LogP contribution in [0.3, 0.4) is 0 Å². The Morgan fingerprint density at radius 3 is 2.85 bits per heavy atom. The fourth-order valence-electron chi connectivity index (χ4n) is 1.75. The van der Waals surface area contributed by atoms with Crippen LogP contribution in [0.5, 0.6) is 0 Å². The van der Waals surface area contributed by atoms with E-state index in [9.17, 15) is 4.79 Å². The number of aromatic nitrogens is 2. The molecule has 0 unspecified atom stereocenters. The van der Waals surface area contributed by atoms with Gasteiger partial charge in [0, 0.05) is 13.0 Å². The Morgan fingerprint density at radius 2 is 2.10 bits per heavy atom. The Balaban J connectivity index is 1.79. The Hall–Kier alpha value is -2.21. The quantitative estimate of drug-likeness (QED) is 0.783. The summed E-state index contributed by atoms with van der Waals surface area (Å²) < 4.78 is 5.12. The number of rotatable bonds is 7. The standard InChI is InChI=1S/C14H18N4O2/c1-2-16-13(19)9-15-10-14-17-12(18-20-14)8-11-6-4-3-5-7-11/h3-7,15H,2,8-10H2,1H3,(H,16,19). The molecule has 0 radical (unpaired) electrons. The molecule has 0 atom stereocenters. The van der Waals surface area contributed by atoms with Crippen LogP contribution in [-0.4, -0.2) is 29.1 Å². The van der Waals surface area contributed by atoms with E-state index in [0.29, 0.717) is 31.2 Å². The Bertz CT molecular complexity index is 539. The van der Waals surface area contributed by atoms with Crippen LogP contribution in [0.15, 0.2) is 34.9 Å². The summed E-state index contributed by atoms with van der Waals surface area (Å²) in [4.78, 5) is 15.5. The second kappa shape index (κ2) is 7.40. The van der Waals surface area contributed by atoms with Crippen LogP contribution in [-0.2, 0) is 17.8 Å². The minimum absolute atomic E-state index is 0.0449. The van der Waals surface area contributed by atoms with Gasteiger partial charge >= 0.3 is 0 Å². The maximum absolute atomic E-state index is 11.2. The van der Waals surface area contributed by atoms with E-state index in [2.05, 4.69) is 20.8 Å². The minimum atomic E-state index is -0.0449. The van der Waals surface area contributed by atoms with Gasteiger partial charge in [0.05, 0.1) is 13.1 Å². The lowest BCUT2D eigenvalue weighted by Crippen LogP contribution is -2.33. The van der Waals surface area contributed by atoms with Crippen LogP contribution >= 0.6 is 0 Å². The number of carbonyl (C=O) groups excluding carboxylic acids is 1. The predicted molar refractivity (Wildman–Crippen MR) is 73.9 cm³/mol. The first-order chi connectivity index (χ1) is 9.78. The molecule has 1 amide bonds. The van der Waals surface area contributed by atoms with Gasteiger partial charge in [-0.15, -0.1) is 0 Å². The summed E-state index contributed by atoms with van der Waals surface area (Å²) in [6.07, 6.45) is 0.640. The molecule has 6 heteroatoms. The lowest BCUT2D eigenvalue weighted by molar-refractivity contribution is -0.120. The van der Waals surface area contributed by atoms with Crippen LogP contribution < -0.4 is 10.6 Å². The van der Waals surface area contributed by atoms with Gasteiger partial charge in [0.15, 0.2) is 5.82 Å². The van der Waals surface area contributed by atoms with Gasteiger partial charge in [0.25, 0.3) is 0 Å². The van der Waals surface area contributed by atoms with Crippen molar-refractivity contribution in [3.05, 3.63) is 47.6 Å². The summed E-state index contributed by atoms with van der Waals surface area (Å²) in [5.41, 5.74) is 1.13. The highest BCUT2D eigenvalue weighted by atomic mass is 16.5. The topological polar surface area (TPSA) is 80.0 Å².